The van der Waals surface area contributed by atoms with Gasteiger partial charge in [0.1, 0.15) is 17.5 Å². The minimum Gasteiger partial charge on any atom is -0.492 e. The summed E-state index contributed by atoms with van der Waals surface area (Å²) in [5.74, 6) is 1.76. The van der Waals surface area contributed by atoms with Crippen molar-refractivity contribution in [2.45, 2.75) is 45.7 Å². The zero-order chi connectivity index (χ0) is 22.3. The molecule has 0 spiro atoms. The molecule has 31 heavy (non-hydrogen) atoms. The quantitative estimate of drug-likeness (QED) is 0.521. The molecule has 1 atom stereocenters. The molecule has 2 aromatic heterocycles. The molecule has 1 saturated carbocycles. The SMILES string of the molecule is Cc1nc(N(S)C2CC(COc3ccc(F)nc3)C2)nc2c1NC(=O)[C@H](C(C)C)N2C. The number of aromatic nitrogens is 3. The Hall–Kier alpha value is -2.62. The van der Waals surface area contributed by atoms with Crippen LogP contribution in [0.2, 0.25) is 0 Å². The molecule has 1 amide bonds. The first kappa shape index (κ1) is 21.6. The second-order valence-electron chi connectivity index (χ2n) is 8.56. The van der Waals surface area contributed by atoms with E-state index in [1.54, 1.807) is 10.4 Å². The minimum absolute atomic E-state index is 0.0367. The number of ether oxygens (including phenoxy) is 1. The molecule has 8 nitrogen and oxygen atoms in total. The number of pyridine rings is 1. The first-order valence-electron chi connectivity index (χ1n) is 10.4. The van der Waals surface area contributed by atoms with Gasteiger partial charge in [0, 0.05) is 13.1 Å². The summed E-state index contributed by atoms with van der Waals surface area (Å²) in [5.41, 5.74) is 1.37. The Morgan fingerprint density at radius 2 is 2.10 bits per heavy atom. The van der Waals surface area contributed by atoms with E-state index >= 15 is 0 Å². The number of nitrogens with one attached hydrogen (secondary N) is 1. The molecule has 3 heterocycles. The molecular formula is C21H27FN6O2S. The van der Waals surface area contributed by atoms with Gasteiger partial charge in [0.15, 0.2) is 5.82 Å². The average Bonchev–Trinajstić information content (AvgIpc) is 2.68. The summed E-state index contributed by atoms with van der Waals surface area (Å²) in [4.78, 5) is 27.3. The largest absolute Gasteiger partial charge is 0.492 e. The zero-order valence-electron chi connectivity index (χ0n) is 18.0. The molecular weight excluding hydrogens is 419 g/mol. The van der Waals surface area contributed by atoms with E-state index in [1.165, 1.54) is 12.3 Å². The second kappa shape index (κ2) is 8.49. The molecule has 1 aliphatic carbocycles. The van der Waals surface area contributed by atoms with Crippen molar-refractivity contribution in [3.8, 4) is 5.75 Å². The predicted octanol–water partition coefficient (Wildman–Crippen LogP) is 3.24. The van der Waals surface area contributed by atoms with Crippen molar-refractivity contribution in [2.75, 3.05) is 28.2 Å². The van der Waals surface area contributed by atoms with E-state index in [0.717, 1.165) is 12.8 Å². The van der Waals surface area contributed by atoms with Gasteiger partial charge in [-0.05, 0) is 43.7 Å². The Morgan fingerprint density at radius 3 is 2.74 bits per heavy atom. The van der Waals surface area contributed by atoms with Crippen LogP contribution in [-0.4, -0.2) is 46.6 Å². The van der Waals surface area contributed by atoms with Gasteiger partial charge in [-0.15, -0.1) is 0 Å². The number of fused-ring (bicyclic) bond motifs is 1. The van der Waals surface area contributed by atoms with Gasteiger partial charge in [-0.3, -0.25) is 9.10 Å². The van der Waals surface area contributed by atoms with Crippen molar-refractivity contribution in [1.82, 2.24) is 15.0 Å². The fourth-order valence-electron chi connectivity index (χ4n) is 4.16. The molecule has 0 bridgehead atoms. The normalized spacial score (nSPS) is 22.6. The first-order valence-corrected chi connectivity index (χ1v) is 10.8. The number of hydrogen-bond acceptors (Lipinski definition) is 8. The zero-order valence-corrected chi connectivity index (χ0v) is 18.9. The lowest BCUT2D eigenvalue weighted by molar-refractivity contribution is -0.118. The van der Waals surface area contributed by atoms with E-state index < -0.39 is 5.95 Å². The molecule has 1 aliphatic heterocycles. The number of halogens is 1. The third-order valence-corrected chi connectivity index (χ3v) is 6.41. The summed E-state index contributed by atoms with van der Waals surface area (Å²) in [6.07, 6.45) is 3.16. The highest BCUT2D eigenvalue weighted by molar-refractivity contribution is 7.81. The van der Waals surface area contributed by atoms with E-state index in [4.69, 9.17) is 9.72 Å². The third kappa shape index (κ3) is 4.26. The molecule has 0 aromatic carbocycles. The Labute approximate surface area is 186 Å². The van der Waals surface area contributed by atoms with Crippen molar-refractivity contribution in [3.63, 3.8) is 0 Å². The molecule has 2 aromatic rings. The Kier molecular flexibility index (Phi) is 5.92. The van der Waals surface area contributed by atoms with Crippen LogP contribution in [0.3, 0.4) is 0 Å². The Balaban J connectivity index is 1.41. The van der Waals surface area contributed by atoms with Crippen molar-refractivity contribution in [3.05, 3.63) is 30.0 Å². The van der Waals surface area contributed by atoms with E-state index in [0.29, 0.717) is 41.4 Å². The molecule has 4 rings (SSSR count). The number of carbonyl (C=O) groups excluding carboxylic acids is 1. The van der Waals surface area contributed by atoms with Gasteiger partial charge < -0.3 is 15.0 Å². The molecule has 2 aliphatic rings. The van der Waals surface area contributed by atoms with E-state index in [-0.39, 0.29) is 23.9 Å². The summed E-state index contributed by atoms with van der Waals surface area (Å²) < 4.78 is 20.4. The maximum absolute atomic E-state index is 12.9. The van der Waals surface area contributed by atoms with E-state index in [2.05, 4.69) is 28.1 Å². The number of amides is 1. The fraction of sp³-hybridized carbons (Fsp3) is 0.524. The van der Waals surface area contributed by atoms with Gasteiger partial charge in [0.25, 0.3) is 0 Å². The molecule has 10 heteroatoms. The Bertz CT molecular complexity index is 967. The van der Waals surface area contributed by atoms with Crippen LogP contribution in [0.4, 0.5) is 21.8 Å². The molecule has 166 valence electrons. The van der Waals surface area contributed by atoms with Crippen LogP contribution >= 0.6 is 12.8 Å². The predicted molar refractivity (Wildman–Crippen MR) is 120 cm³/mol. The number of nitrogens with zero attached hydrogens (tertiary/aromatic N) is 5. The topological polar surface area (TPSA) is 83.5 Å². The number of likely N-dealkylation sites (N-methyl/N-ethyl adjacent to an activating group) is 1. The van der Waals surface area contributed by atoms with Gasteiger partial charge in [-0.1, -0.05) is 26.7 Å². The van der Waals surface area contributed by atoms with Crippen LogP contribution in [0, 0.1) is 24.7 Å². The number of carbonyl (C=O) groups is 1. The van der Waals surface area contributed by atoms with Crippen LogP contribution in [0.15, 0.2) is 18.3 Å². The van der Waals surface area contributed by atoms with Crippen molar-refractivity contribution in [2.24, 2.45) is 11.8 Å². The maximum atomic E-state index is 12.9. The minimum atomic E-state index is -0.521. The van der Waals surface area contributed by atoms with Crippen LogP contribution in [0.1, 0.15) is 32.4 Å². The number of anilines is 3. The van der Waals surface area contributed by atoms with Gasteiger partial charge in [0.2, 0.25) is 17.8 Å². The number of hydrogen-bond donors (Lipinski definition) is 2. The first-order chi connectivity index (χ1) is 14.7. The highest BCUT2D eigenvalue weighted by atomic mass is 32.1. The molecule has 0 saturated heterocycles. The average molecular weight is 447 g/mol. The third-order valence-electron chi connectivity index (χ3n) is 5.91. The van der Waals surface area contributed by atoms with Gasteiger partial charge >= 0.3 is 0 Å². The standard InChI is InChI=1S/C21H27FN6O2S/c1-11(2)18-20(29)25-17-12(3)24-21(26-19(17)27(18)4)28(31)14-7-13(8-14)10-30-15-5-6-16(22)23-9-15/h5-6,9,11,13-14,18,31H,7-8,10H2,1-4H3,(H,25,29)/t13?,14?,18-/m0/s1. The summed E-state index contributed by atoms with van der Waals surface area (Å²) in [5, 5.41) is 2.96. The number of thiol groups is 1. The van der Waals surface area contributed by atoms with E-state index in [1.807, 2.05) is 32.7 Å². The summed E-state index contributed by atoms with van der Waals surface area (Å²) >= 11 is 4.67. The van der Waals surface area contributed by atoms with Crippen LogP contribution in [-0.2, 0) is 4.79 Å². The van der Waals surface area contributed by atoms with Gasteiger partial charge in [-0.25, -0.2) is 9.97 Å². The smallest absolute Gasteiger partial charge is 0.247 e. The maximum Gasteiger partial charge on any atom is 0.247 e. The molecule has 0 unspecified atom stereocenters. The lowest BCUT2D eigenvalue weighted by atomic mass is 9.81. The fourth-order valence-corrected chi connectivity index (χ4v) is 4.44. The monoisotopic (exact) mass is 446 g/mol. The van der Waals surface area contributed by atoms with Crippen molar-refractivity contribution >= 4 is 36.2 Å². The summed E-state index contributed by atoms with van der Waals surface area (Å²) in [6, 6.07) is 2.76. The van der Waals surface area contributed by atoms with Gasteiger partial charge in [-0.2, -0.15) is 9.37 Å². The van der Waals surface area contributed by atoms with Crippen LogP contribution in [0.25, 0.3) is 0 Å². The highest BCUT2D eigenvalue weighted by Crippen LogP contribution is 2.38. The Morgan fingerprint density at radius 1 is 1.35 bits per heavy atom. The van der Waals surface area contributed by atoms with Crippen LogP contribution < -0.4 is 19.3 Å². The lowest BCUT2D eigenvalue weighted by Crippen LogP contribution is -2.50. The van der Waals surface area contributed by atoms with Crippen molar-refractivity contribution in [1.29, 1.82) is 0 Å². The molecule has 1 fully saturated rings. The lowest BCUT2D eigenvalue weighted by Gasteiger charge is -2.41. The summed E-state index contributed by atoms with van der Waals surface area (Å²) in [6.45, 7) is 6.44. The van der Waals surface area contributed by atoms with Gasteiger partial charge in [0.05, 0.1) is 18.5 Å². The van der Waals surface area contributed by atoms with Crippen molar-refractivity contribution < 1.29 is 13.9 Å². The number of rotatable bonds is 6. The number of aryl methyl sites for hydroxylation is 1. The van der Waals surface area contributed by atoms with Crippen LogP contribution in [0.5, 0.6) is 5.75 Å². The molecule has 0 radical (unpaired) electrons. The summed E-state index contributed by atoms with van der Waals surface area (Å²) in [7, 11) is 1.89. The highest BCUT2D eigenvalue weighted by Gasteiger charge is 2.38. The second-order valence-corrected chi connectivity index (χ2v) is 8.99. The van der Waals surface area contributed by atoms with E-state index in [9.17, 15) is 9.18 Å². The molecule has 1 N–H and O–H groups in total.